The highest BCUT2D eigenvalue weighted by atomic mass is 32.1. The number of benzene rings is 1. The molecular formula is C15H12N4OS. The number of carbonyl (C=O) groups is 1. The molecule has 4 aromatic rings. The summed E-state index contributed by atoms with van der Waals surface area (Å²) in [7, 11) is 0. The molecular weight excluding hydrogens is 284 g/mol. The quantitative estimate of drug-likeness (QED) is 0.534. The molecule has 0 fully saturated rings. The molecule has 0 spiro atoms. The lowest BCUT2D eigenvalue weighted by Gasteiger charge is -2.04. The van der Waals surface area contributed by atoms with Crippen LogP contribution in [0.15, 0.2) is 30.0 Å². The lowest BCUT2D eigenvalue weighted by atomic mass is 10.1. The summed E-state index contributed by atoms with van der Waals surface area (Å²) in [6.45, 7) is 4.13. The highest BCUT2D eigenvalue weighted by Gasteiger charge is 2.16. The fraction of sp³-hybridized carbons (Fsp3) is 0.133. The van der Waals surface area contributed by atoms with Gasteiger partial charge in [-0.05, 0) is 37.1 Å². The summed E-state index contributed by atoms with van der Waals surface area (Å²) in [5.74, 6) is 0.627. The fourth-order valence-electron chi connectivity index (χ4n) is 2.51. The predicted molar refractivity (Wildman–Crippen MR) is 82.6 cm³/mol. The molecule has 0 radical (unpaired) electrons. The molecule has 0 aliphatic heterocycles. The van der Waals surface area contributed by atoms with Gasteiger partial charge in [-0.3, -0.25) is 13.8 Å². The summed E-state index contributed by atoms with van der Waals surface area (Å²) in [5, 5.41) is 1.92. The number of aldehydes is 1. The van der Waals surface area contributed by atoms with Gasteiger partial charge in [0.25, 0.3) is 0 Å². The molecule has 6 heteroatoms. The van der Waals surface area contributed by atoms with Gasteiger partial charge in [-0.15, -0.1) is 11.3 Å². The summed E-state index contributed by atoms with van der Waals surface area (Å²) in [5.41, 5.74) is 4.81. The van der Waals surface area contributed by atoms with Crippen molar-refractivity contribution in [1.82, 2.24) is 18.9 Å². The van der Waals surface area contributed by atoms with E-state index in [-0.39, 0.29) is 0 Å². The molecule has 4 rings (SSSR count). The topological polar surface area (TPSA) is 52.2 Å². The number of nitrogens with zero attached hydrogens (tertiary/aromatic N) is 4. The van der Waals surface area contributed by atoms with Crippen LogP contribution < -0.4 is 0 Å². The van der Waals surface area contributed by atoms with Gasteiger partial charge in [0.15, 0.2) is 17.1 Å². The van der Waals surface area contributed by atoms with Gasteiger partial charge >= 0.3 is 0 Å². The number of thiazole rings is 1. The number of fused-ring (bicyclic) bond motifs is 2. The third kappa shape index (κ3) is 1.66. The zero-order valence-electron chi connectivity index (χ0n) is 11.6. The largest absolute Gasteiger partial charge is 0.296 e. The van der Waals surface area contributed by atoms with Crippen molar-refractivity contribution in [1.29, 1.82) is 0 Å². The highest BCUT2D eigenvalue weighted by Crippen LogP contribution is 2.25. The third-order valence-corrected chi connectivity index (χ3v) is 4.54. The monoisotopic (exact) mass is 296 g/mol. The van der Waals surface area contributed by atoms with E-state index in [1.807, 2.05) is 16.1 Å². The van der Waals surface area contributed by atoms with Crippen LogP contribution in [0.5, 0.6) is 0 Å². The molecule has 0 saturated heterocycles. The van der Waals surface area contributed by atoms with E-state index in [4.69, 9.17) is 0 Å². The highest BCUT2D eigenvalue weighted by molar-refractivity contribution is 7.15. The van der Waals surface area contributed by atoms with Crippen molar-refractivity contribution in [3.8, 4) is 5.82 Å². The second-order valence-electron chi connectivity index (χ2n) is 5.03. The molecule has 104 valence electrons. The Morgan fingerprint density at radius 3 is 2.86 bits per heavy atom. The molecule has 3 heterocycles. The Hall–Kier alpha value is -2.47. The Morgan fingerprint density at radius 2 is 2.05 bits per heavy atom. The average molecular weight is 296 g/mol. The van der Waals surface area contributed by atoms with Crippen molar-refractivity contribution >= 4 is 33.6 Å². The van der Waals surface area contributed by atoms with Gasteiger partial charge in [0.05, 0.1) is 11.0 Å². The minimum atomic E-state index is 0.545. The van der Waals surface area contributed by atoms with Crippen LogP contribution in [0.2, 0.25) is 0 Å². The molecule has 0 bridgehead atoms. The Kier molecular flexibility index (Phi) is 2.49. The first kappa shape index (κ1) is 12.3. The van der Waals surface area contributed by atoms with Crippen LogP contribution in [0, 0.1) is 13.8 Å². The Bertz CT molecular complexity index is 992. The maximum Gasteiger partial charge on any atom is 0.196 e. The van der Waals surface area contributed by atoms with Gasteiger partial charge in [-0.1, -0.05) is 0 Å². The maximum atomic E-state index is 11.5. The molecule has 0 amide bonds. The summed E-state index contributed by atoms with van der Waals surface area (Å²) in [6.07, 6.45) is 4.42. The van der Waals surface area contributed by atoms with Crippen molar-refractivity contribution in [2.45, 2.75) is 13.8 Å². The zero-order chi connectivity index (χ0) is 14.6. The van der Waals surface area contributed by atoms with Crippen molar-refractivity contribution in [2.75, 3.05) is 0 Å². The minimum Gasteiger partial charge on any atom is -0.296 e. The number of aryl methyl sites for hydroxylation is 2. The first-order valence-corrected chi connectivity index (χ1v) is 7.42. The van der Waals surface area contributed by atoms with E-state index in [9.17, 15) is 4.79 Å². The minimum absolute atomic E-state index is 0.545. The number of aromatic nitrogens is 4. The molecule has 0 unspecified atom stereocenters. The molecule has 21 heavy (non-hydrogen) atoms. The number of hydrogen-bond acceptors (Lipinski definition) is 4. The molecule has 0 N–H and O–H groups in total. The SMILES string of the molecule is Cc1cc2ncn(-c3nc4sccn4c3C=O)c2cc1C. The van der Waals surface area contributed by atoms with Crippen LogP contribution in [-0.4, -0.2) is 25.2 Å². The molecule has 1 aromatic carbocycles. The molecule has 3 aromatic heterocycles. The number of carbonyl (C=O) groups excluding carboxylic acids is 1. The van der Waals surface area contributed by atoms with E-state index in [0.717, 1.165) is 22.3 Å². The van der Waals surface area contributed by atoms with E-state index >= 15 is 0 Å². The Morgan fingerprint density at radius 1 is 1.24 bits per heavy atom. The molecule has 0 aliphatic rings. The second-order valence-corrected chi connectivity index (χ2v) is 5.91. The van der Waals surface area contributed by atoms with E-state index in [1.165, 1.54) is 22.5 Å². The zero-order valence-corrected chi connectivity index (χ0v) is 12.4. The van der Waals surface area contributed by atoms with Crippen LogP contribution in [0.3, 0.4) is 0 Å². The van der Waals surface area contributed by atoms with Crippen molar-refractivity contribution in [3.63, 3.8) is 0 Å². The summed E-state index contributed by atoms with van der Waals surface area (Å²) < 4.78 is 3.69. The van der Waals surface area contributed by atoms with Crippen LogP contribution in [0.25, 0.3) is 21.8 Å². The number of rotatable bonds is 2. The summed E-state index contributed by atoms with van der Waals surface area (Å²) >= 11 is 1.51. The summed E-state index contributed by atoms with van der Waals surface area (Å²) in [4.78, 5) is 21.3. The normalized spacial score (nSPS) is 11.5. The average Bonchev–Trinajstić information content (AvgIpc) is 3.12. The molecule has 0 atom stereocenters. The van der Waals surface area contributed by atoms with Gasteiger partial charge in [0, 0.05) is 11.6 Å². The van der Waals surface area contributed by atoms with E-state index in [1.54, 1.807) is 10.7 Å². The maximum absolute atomic E-state index is 11.5. The van der Waals surface area contributed by atoms with Crippen LogP contribution in [0.1, 0.15) is 21.6 Å². The van der Waals surface area contributed by atoms with Gasteiger partial charge in [-0.2, -0.15) is 4.98 Å². The van der Waals surface area contributed by atoms with Crippen LogP contribution >= 0.6 is 11.3 Å². The lowest BCUT2D eigenvalue weighted by molar-refractivity contribution is 0.111. The summed E-state index contributed by atoms with van der Waals surface area (Å²) in [6, 6.07) is 4.14. The molecule has 0 saturated carbocycles. The Balaban J connectivity index is 2.06. The number of hydrogen-bond donors (Lipinski definition) is 0. The van der Waals surface area contributed by atoms with Gasteiger partial charge in [0.2, 0.25) is 0 Å². The van der Waals surface area contributed by atoms with Gasteiger partial charge < -0.3 is 0 Å². The first-order valence-electron chi connectivity index (χ1n) is 6.54. The van der Waals surface area contributed by atoms with Crippen LogP contribution in [0.4, 0.5) is 0 Å². The van der Waals surface area contributed by atoms with Crippen LogP contribution in [-0.2, 0) is 0 Å². The van der Waals surface area contributed by atoms with Gasteiger partial charge in [-0.25, -0.2) is 4.98 Å². The van der Waals surface area contributed by atoms with E-state index < -0.39 is 0 Å². The van der Waals surface area contributed by atoms with E-state index in [0.29, 0.717) is 11.5 Å². The van der Waals surface area contributed by atoms with Crippen molar-refractivity contribution < 1.29 is 4.79 Å². The fourth-order valence-corrected chi connectivity index (χ4v) is 3.23. The third-order valence-electron chi connectivity index (χ3n) is 3.78. The number of imidazole rings is 2. The molecule has 5 nitrogen and oxygen atoms in total. The standard InChI is InChI=1S/C15H12N4OS/c1-9-5-11-12(6-10(9)2)19(8-16-11)14-13(7-20)18-3-4-21-15(18)17-14/h3-8H,1-2H3. The van der Waals surface area contributed by atoms with Gasteiger partial charge in [0.1, 0.15) is 12.0 Å². The smallest absolute Gasteiger partial charge is 0.196 e. The van der Waals surface area contributed by atoms with Crippen molar-refractivity contribution in [3.05, 3.63) is 46.9 Å². The van der Waals surface area contributed by atoms with E-state index in [2.05, 4.69) is 35.9 Å². The van der Waals surface area contributed by atoms with Crippen molar-refractivity contribution in [2.24, 2.45) is 0 Å². The first-order chi connectivity index (χ1) is 10.2. The predicted octanol–water partition coefficient (Wildman–Crippen LogP) is 3.16. The second kappa shape index (κ2) is 4.26. The Labute approximate surface area is 124 Å². The lowest BCUT2D eigenvalue weighted by Crippen LogP contribution is -1.99. The molecule has 0 aliphatic carbocycles.